The highest BCUT2D eigenvalue weighted by Gasteiger charge is 2.49. The van der Waals surface area contributed by atoms with Crippen molar-refractivity contribution < 1.29 is 9.59 Å². The van der Waals surface area contributed by atoms with Crippen LogP contribution in [0.25, 0.3) is 5.70 Å². The van der Waals surface area contributed by atoms with Crippen molar-refractivity contribution in [1.29, 1.82) is 0 Å². The molecule has 0 radical (unpaired) electrons. The van der Waals surface area contributed by atoms with Gasteiger partial charge in [0, 0.05) is 13.1 Å². The first kappa shape index (κ1) is 40.3. The molecule has 2 unspecified atom stereocenters. The van der Waals surface area contributed by atoms with E-state index in [2.05, 4.69) is 45.7 Å². The quantitative estimate of drug-likeness (QED) is 0.0828. The average molecular weight is 679 g/mol. The number of hydrogen-bond acceptors (Lipinski definition) is 3. The van der Waals surface area contributed by atoms with E-state index in [1.165, 1.54) is 116 Å². The van der Waals surface area contributed by atoms with E-state index in [1.807, 2.05) is 22.8 Å². The van der Waals surface area contributed by atoms with E-state index in [1.54, 1.807) is 11.3 Å². The smallest absolute Gasteiger partial charge is 0.261 e. The molecule has 0 saturated carbocycles. The highest BCUT2D eigenvalue weighted by atomic mass is 32.1. The summed E-state index contributed by atoms with van der Waals surface area (Å²) in [7, 11) is 0. The molecule has 3 rings (SSSR count). The summed E-state index contributed by atoms with van der Waals surface area (Å²) in [6.45, 7) is 16.8. The highest BCUT2D eigenvalue weighted by molar-refractivity contribution is 7.11. The van der Waals surface area contributed by atoms with Crippen molar-refractivity contribution in [3.63, 3.8) is 0 Å². The number of unbranched alkanes of at least 4 members (excludes halogenated alkanes) is 14. The molecule has 0 fully saturated rings. The molecule has 0 bridgehead atoms. The summed E-state index contributed by atoms with van der Waals surface area (Å²) in [6.07, 6.45) is 27.2. The Morgan fingerprint density at radius 3 is 1.52 bits per heavy atom. The van der Waals surface area contributed by atoms with Gasteiger partial charge in [-0.3, -0.25) is 9.59 Å². The molecule has 3 heterocycles. The maximum atomic E-state index is 14.6. The third kappa shape index (κ3) is 11.7. The first-order chi connectivity index (χ1) is 23.4. The molecule has 1 aromatic heterocycles. The first-order valence-electron chi connectivity index (χ1n) is 20.2. The number of hydrogen-bond donors (Lipinski definition) is 0. The summed E-state index contributed by atoms with van der Waals surface area (Å²) in [5.74, 6) is 0.926. The number of fused-ring (bicyclic) bond motifs is 1. The molecule has 0 spiro atoms. The number of allylic oxidation sites excluding steroid dienone is 1. The van der Waals surface area contributed by atoms with Crippen LogP contribution in [-0.2, 0) is 9.59 Å². The van der Waals surface area contributed by atoms with Crippen LogP contribution in [0.15, 0.2) is 46.5 Å². The predicted molar refractivity (Wildman–Crippen MR) is 208 cm³/mol. The maximum absolute atomic E-state index is 14.6. The van der Waals surface area contributed by atoms with Gasteiger partial charge < -0.3 is 9.80 Å². The highest BCUT2D eigenvalue weighted by Crippen LogP contribution is 2.47. The fourth-order valence-corrected chi connectivity index (χ4v) is 8.61. The average Bonchev–Trinajstić information content (AvgIpc) is 3.77. The monoisotopic (exact) mass is 679 g/mol. The van der Waals surface area contributed by atoms with Gasteiger partial charge in [0.05, 0.1) is 27.4 Å². The molecule has 2 amide bonds. The van der Waals surface area contributed by atoms with Gasteiger partial charge in [-0.15, -0.1) is 11.3 Å². The molecule has 48 heavy (non-hydrogen) atoms. The first-order valence-corrected chi connectivity index (χ1v) is 21.1. The standard InChI is InChI=1S/C43H70N2O2S/c1-7-11-15-18-20-24-29-36(27-22-17-13-9-3)32-44-40(34(5)6)38-39(43(44)47)41(37-30-25-31-48-37)45(42(38)46)33-35(26-21-14-10-4)28-23-19-16-12-8-2/h25,30-31,35-36H,5,7-24,26-29,32-33H2,1-4,6H3. The minimum Gasteiger partial charge on any atom is -0.307 e. The van der Waals surface area contributed by atoms with Crippen molar-refractivity contribution in [2.75, 3.05) is 13.1 Å². The Morgan fingerprint density at radius 2 is 1.04 bits per heavy atom. The fraction of sp³-hybridized carbons (Fsp3) is 0.721. The van der Waals surface area contributed by atoms with Crippen LogP contribution in [0.1, 0.15) is 181 Å². The zero-order chi connectivity index (χ0) is 34.7. The number of nitrogens with zero attached hydrogens (tertiary/aromatic N) is 2. The lowest BCUT2D eigenvalue weighted by Gasteiger charge is -2.30. The number of carbonyl (C=O) groups is 2. The van der Waals surface area contributed by atoms with Gasteiger partial charge in [-0.1, -0.05) is 156 Å². The number of thiophene rings is 1. The van der Waals surface area contributed by atoms with Crippen molar-refractivity contribution in [2.24, 2.45) is 11.8 Å². The van der Waals surface area contributed by atoms with Crippen LogP contribution in [0.3, 0.4) is 0 Å². The van der Waals surface area contributed by atoms with Crippen molar-refractivity contribution in [3.8, 4) is 0 Å². The lowest BCUT2D eigenvalue weighted by Crippen LogP contribution is -2.35. The van der Waals surface area contributed by atoms with Crippen LogP contribution in [0.2, 0.25) is 0 Å². The van der Waals surface area contributed by atoms with E-state index in [4.69, 9.17) is 0 Å². The maximum Gasteiger partial charge on any atom is 0.261 e. The van der Waals surface area contributed by atoms with Crippen LogP contribution in [0.4, 0.5) is 0 Å². The van der Waals surface area contributed by atoms with Gasteiger partial charge in [0.1, 0.15) is 0 Å². The largest absolute Gasteiger partial charge is 0.307 e. The Morgan fingerprint density at radius 1 is 0.625 bits per heavy atom. The third-order valence-corrected chi connectivity index (χ3v) is 11.5. The summed E-state index contributed by atoms with van der Waals surface area (Å²) in [4.78, 5) is 34.3. The molecule has 0 aliphatic carbocycles. The molecule has 5 heteroatoms. The van der Waals surface area contributed by atoms with E-state index in [0.29, 0.717) is 36.1 Å². The molecule has 4 nitrogen and oxygen atoms in total. The third-order valence-electron chi connectivity index (χ3n) is 10.6. The molecule has 2 aliphatic rings. The zero-order valence-corrected chi connectivity index (χ0v) is 32.5. The number of amides is 2. The second-order valence-corrected chi connectivity index (χ2v) is 15.8. The second-order valence-electron chi connectivity index (χ2n) is 14.9. The lowest BCUT2D eigenvalue weighted by molar-refractivity contribution is -0.124. The van der Waals surface area contributed by atoms with Gasteiger partial charge in [0.2, 0.25) is 0 Å². The molecule has 0 aromatic carbocycles. The minimum atomic E-state index is 0.0177. The minimum absolute atomic E-state index is 0.0177. The Labute approximate surface area is 299 Å². The van der Waals surface area contributed by atoms with Crippen molar-refractivity contribution >= 4 is 28.8 Å². The van der Waals surface area contributed by atoms with E-state index in [9.17, 15) is 9.59 Å². The molecule has 270 valence electrons. The summed E-state index contributed by atoms with van der Waals surface area (Å²) in [6, 6.07) is 4.15. The molecule has 0 saturated heterocycles. The van der Waals surface area contributed by atoms with E-state index in [0.717, 1.165) is 47.5 Å². The van der Waals surface area contributed by atoms with E-state index in [-0.39, 0.29) is 11.8 Å². The molecule has 2 atom stereocenters. The van der Waals surface area contributed by atoms with Crippen LogP contribution >= 0.6 is 11.3 Å². The van der Waals surface area contributed by atoms with E-state index >= 15 is 0 Å². The molecule has 0 N–H and O–H groups in total. The summed E-state index contributed by atoms with van der Waals surface area (Å²) >= 11 is 1.64. The summed E-state index contributed by atoms with van der Waals surface area (Å²) in [5, 5.41) is 2.07. The van der Waals surface area contributed by atoms with Crippen LogP contribution in [0, 0.1) is 11.8 Å². The Kier molecular flexibility index (Phi) is 18.9. The van der Waals surface area contributed by atoms with Crippen LogP contribution < -0.4 is 0 Å². The van der Waals surface area contributed by atoms with Gasteiger partial charge in [-0.2, -0.15) is 0 Å². The predicted octanol–water partition coefficient (Wildman–Crippen LogP) is 12.9. The van der Waals surface area contributed by atoms with Gasteiger partial charge in [-0.05, 0) is 61.5 Å². The van der Waals surface area contributed by atoms with Crippen molar-refractivity contribution in [3.05, 3.63) is 51.4 Å². The van der Waals surface area contributed by atoms with Crippen LogP contribution in [-0.4, -0.2) is 34.7 Å². The normalized spacial score (nSPS) is 16.1. The van der Waals surface area contributed by atoms with Gasteiger partial charge in [0.25, 0.3) is 11.8 Å². The molecule has 1 aromatic rings. The van der Waals surface area contributed by atoms with E-state index < -0.39 is 0 Å². The fourth-order valence-electron chi connectivity index (χ4n) is 7.82. The van der Waals surface area contributed by atoms with Crippen molar-refractivity contribution in [2.45, 2.75) is 176 Å². The van der Waals surface area contributed by atoms with Gasteiger partial charge in [0.15, 0.2) is 0 Å². The van der Waals surface area contributed by atoms with Gasteiger partial charge in [-0.25, -0.2) is 0 Å². The lowest BCUT2D eigenvalue weighted by atomic mass is 9.93. The molecule has 2 aliphatic heterocycles. The van der Waals surface area contributed by atoms with Crippen LogP contribution in [0.5, 0.6) is 0 Å². The summed E-state index contributed by atoms with van der Waals surface area (Å²) in [5.41, 5.74) is 3.74. The topological polar surface area (TPSA) is 40.6 Å². The molecular formula is C43H70N2O2S. The Bertz CT molecular complexity index is 1180. The zero-order valence-electron chi connectivity index (χ0n) is 31.7. The number of carbonyl (C=O) groups excluding carboxylic acids is 2. The van der Waals surface area contributed by atoms with Gasteiger partial charge >= 0.3 is 0 Å². The summed E-state index contributed by atoms with van der Waals surface area (Å²) < 4.78 is 0. The Balaban J connectivity index is 1.90. The second kappa shape index (κ2) is 22.6. The SMILES string of the molecule is C=C(C)C1=C2C(=O)N(CC(CCCCC)CCCCCCC)C(c3cccs3)=C2C(=O)N1CC(CCCCCC)CCCCCCCC. The Hall–Kier alpha value is -2.14. The number of rotatable bonds is 28. The molecular weight excluding hydrogens is 609 g/mol. The van der Waals surface area contributed by atoms with Crippen molar-refractivity contribution in [1.82, 2.24) is 9.80 Å².